The minimum absolute atomic E-state index is 0.0919. The number of halogens is 1. The number of amides is 1. The zero-order valence-electron chi connectivity index (χ0n) is 10.8. The largest absolute Gasteiger partial charge is 0.351 e. The van der Waals surface area contributed by atoms with E-state index in [1.807, 2.05) is 5.38 Å². The molecule has 3 heterocycles. The van der Waals surface area contributed by atoms with Gasteiger partial charge in [0.2, 0.25) is 5.91 Å². The van der Waals surface area contributed by atoms with Crippen molar-refractivity contribution in [3.8, 4) is 0 Å². The molecule has 1 amide bonds. The highest BCUT2D eigenvalue weighted by molar-refractivity contribution is 7.09. The van der Waals surface area contributed by atoms with Gasteiger partial charge in [0.15, 0.2) is 0 Å². The van der Waals surface area contributed by atoms with Gasteiger partial charge in [0.05, 0.1) is 18.0 Å². The number of thiazole rings is 1. The van der Waals surface area contributed by atoms with Gasteiger partial charge in [-0.3, -0.25) is 9.69 Å². The second kappa shape index (κ2) is 5.77. The van der Waals surface area contributed by atoms with E-state index in [1.165, 1.54) is 30.7 Å². The first-order chi connectivity index (χ1) is 9.26. The van der Waals surface area contributed by atoms with Crippen molar-refractivity contribution in [1.29, 1.82) is 0 Å². The van der Waals surface area contributed by atoms with Crippen LogP contribution in [0.5, 0.6) is 0 Å². The molecule has 0 spiro atoms. The van der Waals surface area contributed by atoms with Crippen LogP contribution >= 0.6 is 22.9 Å². The molecule has 2 atom stereocenters. The maximum Gasteiger partial charge on any atom is 0.227 e. The fourth-order valence-electron chi connectivity index (χ4n) is 3.14. The summed E-state index contributed by atoms with van der Waals surface area (Å²) in [5, 5.41) is 5.96. The lowest BCUT2D eigenvalue weighted by atomic mass is 10.1. The third kappa shape index (κ3) is 2.93. The number of hydrogen-bond acceptors (Lipinski definition) is 4. The Morgan fingerprint density at radius 2 is 2.42 bits per heavy atom. The average molecular weight is 300 g/mol. The summed E-state index contributed by atoms with van der Waals surface area (Å²) in [5.74, 6) is 0.506. The Bertz CT molecular complexity index is 464. The molecule has 3 rings (SSSR count). The smallest absolute Gasteiger partial charge is 0.227 e. The summed E-state index contributed by atoms with van der Waals surface area (Å²) in [6.07, 6.45) is 3.95. The molecule has 2 aliphatic rings. The highest BCUT2D eigenvalue weighted by atomic mass is 35.5. The van der Waals surface area contributed by atoms with Gasteiger partial charge in [0.25, 0.3) is 0 Å². The molecule has 0 radical (unpaired) electrons. The zero-order chi connectivity index (χ0) is 13.2. The van der Waals surface area contributed by atoms with E-state index < -0.39 is 0 Å². The number of aromatic nitrogens is 1. The molecule has 104 valence electrons. The van der Waals surface area contributed by atoms with E-state index in [-0.39, 0.29) is 5.91 Å². The maximum absolute atomic E-state index is 12.1. The number of hydrogen-bond donors (Lipinski definition) is 1. The predicted octanol–water partition coefficient (Wildman–Crippen LogP) is 1.78. The molecular formula is C13H18ClN3OS. The fraction of sp³-hybridized carbons (Fsp3) is 0.692. The summed E-state index contributed by atoms with van der Waals surface area (Å²) in [6.45, 7) is 2.33. The van der Waals surface area contributed by atoms with E-state index in [0.717, 1.165) is 23.7 Å². The first-order valence-corrected chi connectivity index (χ1v) is 8.20. The quantitative estimate of drug-likeness (QED) is 0.862. The van der Waals surface area contributed by atoms with Crippen molar-refractivity contribution in [3.63, 3.8) is 0 Å². The molecule has 1 aromatic heterocycles. The van der Waals surface area contributed by atoms with Crippen molar-refractivity contribution < 1.29 is 4.79 Å². The van der Waals surface area contributed by atoms with Gasteiger partial charge in [-0.2, -0.15) is 0 Å². The third-order valence-corrected chi connectivity index (χ3v) is 5.17. The molecule has 0 saturated carbocycles. The Kier molecular flexibility index (Phi) is 4.05. The predicted molar refractivity (Wildman–Crippen MR) is 76.5 cm³/mol. The summed E-state index contributed by atoms with van der Waals surface area (Å²) in [5.41, 5.74) is 0.859. The molecule has 1 N–H and O–H groups in total. The molecular weight excluding hydrogens is 282 g/mol. The van der Waals surface area contributed by atoms with Crippen molar-refractivity contribution in [2.24, 2.45) is 0 Å². The van der Waals surface area contributed by atoms with Crippen molar-refractivity contribution >= 4 is 28.8 Å². The van der Waals surface area contributed by atoms with Crippen LogP contribution in [0.25, 0.3) is 0 Å². The standard InChI is InChI=1S/C13H18ClN3OS/c14-7-9-8-19-13(15-9)6-12(18)16-10-3-5-17-4-1-2-11(10)17/h8,10-11H,1-7H2,(H,16,18). The molecule has 2 aliphatic heterocycles. The normalized spacial score (nSPS) is 26.6. The molecule has 0 aliphatic carbocycles. The number of nitrogens with one attached hydrogen (secondary N) is 1. The molecule has 0 aromatic carbocycles. The third-order valence-electron chi connectivity index (χ3n) is 4.00. The van der Waals surface area contributed by atoms with E-state index in [1.54, 1.807) is 0 Å². The van der Waals surface area contributed by atoms with Gasteiger partial charge in [-0.1, -0.05) is 0 Å². The minimum Gasteiger partial charge on any atom is -0.351 e. The zero-order valence-corrected chi connectivity index (χ0v) is 12.3. The van der Waals surface area contributed by atoms with Crippen LogP contribution in [0.1, 0.15) is 30.0 Å². The summed E-state index contributed by atoms with van der Waals surface area (Å²) in [7, 11) is 0. The van der Waals surface area contributed by atoms with E-state index in [0.29, 0.717) is 24.4 Å². The maximum atomic E-state index is 12.1. The molecule has 2 unspecified atom stereocenters. The van der Waals surface area contributed by atoms with Crippen LogP contribution in [-0.4, -0.2) is 41.0 Å². The Hall–Kier alpha value is -0.650. The number of carbonyl (C=O) groups is 1. The fourth-order valence-corrected chi connectivity index (χ4v) is 4.16. The molecule has 6 heteroatoms. The average Bonchev–Trinajstić information content (AvgIpc) is 3.07. The van der Waals surface area contributed by atoms with Crippen LogP contribution in [0.2, 0.25) is 0 Å². The Morgan fingerprint density at radius 3 is 3.21 bits per heavy atom. The highest BCUT2D eigenvalue weighted by Crippen LogP contribution is 2.27. The molecule has 0 bridgehead atoms. The van der Waals surface area contributed by atoms with Gasteiger partial charge >= 0.3 is 0 Å². The second-order valence-corrected chi connectivity index (χ2v) is 6.46. The van der Waals surface area contributed by atoms with Crippen molar-refractivity contribution in [2.45, 2.75) is 43.6 Å². The van der Waals surface area contributed by atoms with Crippen LogP contribution in [0, 0.1) is 0 Å². The SMILES string of the molecule is O=C(Cc1nc(CCl)cs1)NC1CCN2CCCC12. The monoisotopic (exact) mass is 299 g/mol. The van der Waals surface area contributed by atoms with Gasteiger partial charge in [-0.15, -0.1) is 22.9 Å². The topological polar surface area (TPSA) is 45.2 Å². The first-order valence-electron chi connectivity index (χ1n) is 6.79. The molecule has 4 nitrogen and oxygen atoms in total. The Labute approximate surface area is 122 Å². The molecule has 2 saturated heterocycles. The summed E-state index contributed by atoms with van der Waals surface area (Å²) in [6, 6.07) is 0.904. The van der Waals surface area contributed by atoms with E-state index in [4.69, 9.17) is 11.6 Å². The summed E-state index contributed by atoms with van der Waals surface area (Å²) < 4.78 is 0. The molecule has 19 heavy (non-hydrogen) atoms. The van der Waals surface area contributed by atoms with Crippen molar-refractivity contribution in [1.82, 2.24) is 15.2 Å². The van der Waals surface area contributed by atoms with E-state index >= 15 is 0 Å². The van der Waals surface area contributed by atoms with Crippen LogP contribution in [-0.2, 0) is 17.1 Å². The summed E-state index contributed by atoms with van der Waals surface area (Å²) >= 11 is 7.23. The van der Waals surface area contributed by atoms with Gasteiger partial charge in [0, 0.05) is 24.0 Å². The minimum atomic E-state index is 0.0919. The second-order valence-electron chi connectivity index (χ2n) is 5.25. The van der Waals surface area contributed by atoms with Gasteiger partial charge in [-0.25, -0.2) is 4.98 Å². The van der Waals surface area contributed by atoms with Gasteiger partial charge < -0.3 is 5.32 Å². The van der Waals surface area contributed by atoms with E-state index in [9.17, 15) is 4.79 Å². The van der Waals surface area contributed by atoms with Crippen molar-refractivity contribution in [3.05, 3.63) is 16.1 Å². The van der Waals surface area contributed by atoms with Crippen LogP contribution in [0.4, 0.5) is 0 Å². The number of carbonyl (C=O) groups excluding carboxylic acids is 1. The molecule has 2 fully saturated rings. The summed E-state index contributed by atoms with van der Waals surface area (Å²) in [4.78, 5) is 18.9. The first kappa shape index (κ1) is 13.3. The highest BCUT2D eigenvalue weighted by Gasteiger charge is 2.37. The van der Waals surface area contributed by atoms with E-state index in [2.05, 4.69) is 15.2 Å². The van der Waals surface area contributed by atoms with Gasteiger partial charge in [-0.05, 0) is 25.8 Å². The van der Waals surface area contributed by atoms with Crippen LogP contribution < -0.4 is 5.32 Å². The Balaban J connectivity index is 1.53. The lowest BCUT2D eigenvalue weighted by Crippen LogP contribution is -2.42. The number of nitrogens with zero attached hydrogens (tertiary/aromatic N) is 2. The number of alkyl halides is 1. The Morgan fingerprint density at radius 1 is 1.53 bits per heavy atom. The lowest BCUT2D eigenvalue weighted by Gasteiger charge is -2.21. The molecule has 1 aromatic rings. The number of fused-ring (bicyclic) bond motifs is 1. The van der Waals surface area contributed by atoms with Crippen LogP contribution in [0.3, 0.4) is 0 Å². The van der Waals surface area contributed by atoms with Crippen LogP contribution in [0.15, 0.2) is 5.38 Å². The lowest BCUT2D eigenvalue weighted by molar-refractivity contribution is -0.121. The van der Waals surface area contributed by atoms with Crippen molar-refractivity contribution in [2.75, 3.05) is 13.1 Å². The van der Waals surface area contributed by atoms with Gasteiger partial charge in [0.1, 0.15) is 5.01 Å². The number of rotatable bonds is 4.